The maximum absolute atomic E-state index is 13.8. The lowest BCUT2D eigenvalue weighted by atomic mass is 10.1. The van der Waals surface area contributed by atoms with E-state index in [1.165, 1.54) is 16.6 Å². The molecule has 0 aliphatic carbocycles. The zero-order chi connectivity index (χ0) is 15.6. The summed E-state index contributed by atoms with van der Waals surface area (Å²) < 4.78 is 38.2. The average Bonchev–Trinajstić information content (AvgIpc) is 2.40. The number of rotatable bonds is 4. The zero-order valence-corrected chi connectivity index (χ0v) is 13.4. The molecule has 1 saturated heterocycles. The van der Waals surface area contributed by atoms with E-state index in [0.29, 0.717) is 43.9 Å². The van der Waals surface area contributed by atoms with Gasteiger partial charge in [-0.1, -0.05) is 12.2 Å². The number of sulfonamides is 1. The van der Waals surface area contributed by atoms with Crippen LogP contribution in [-0.2, 0) is 16.6 Å². The minimum Gasteiger partial charge on any atom is -0.389 e. The average molecular weight is 331 g/mol. The molecule has 0 atom stereocenters. The van der Waals surface area contributed by atoms with E-state index in [1.54, 1.807) is 12.1 Å². The molecule has 0 amide bonds. The van der Waals surface area contributed by atoms with Gasteiger partial charge >= 0.3 is 0 Å². The summed E-state index contributed by atoms with van der Waals surface area (Å²) in [6.07, 6.45) is 1.20. The normalized spacial score (nSPS) is 17.8. The highest BCUT2D eigenvalue weighted by Crippen LogP contribution is 2.15. The van der Waals surface area contributed by atoms with E-state index in [0.717, 1.165) is 0 Å². The Labute approximate surface area is 129 Å². The van der Waals surface area contributed by atoms with Crippen LogP contribution in [0.2, 0.25) is 0 Å². The number of piperazine rings is 1. The third-order valence-electron chi connectivity index (χ3n) is 3.52. The van der Waals surface area contributed by atoms with E-state index in [1.807, 2.05) is 4.90 Å². The molecule has 5 nitrogen and oxygen atoms in total. The van der Waals surface area contributed by atoms with Gasteiger partial charge in [0.05, 0.1) is 6.26 Å². The largest absolute Gasteiger partial charge is 0.389 e. The third-order valence-corrected chi connectivity index (χ3v) is 5.06. The molecule has 2 N–H and O–H groups in total. The molecule has 1 heterocycles. The molecule has 21 heavy (non-hydrogen) atoms. The Kier molecular flexibility index (Phi) is 4.92. The molecule has 1 aromatic carbocycles. The number of benzene rings is 1. The summed E-state index contributed by atoms with van der Waals surface area (Å²) >= 11 is 4.89. The first-order valence-electron chi connectivity index (χ1n) is 6.53. The van der Waals surface area contributed by atoms with Crippen LogP contribution in [0.3, 0.4) is 0 Å². The highest BCUT2D eigenvalue weighted by molar-refractivity contribution is 7.88. The standard InChI is InChI=1S/C13H18FN3O2S2/c1-21(18,19)17-6-4-16(5-7-17)9-11-8-10(13(15)20)2-3-12(11)14/h2-3,8H,4-7,9H2,1H3,(H2,15,20). The van der Waals surface area contributed by atoms with Crippen LogP contribution in [0.4, 0.5) is 4.39 Å². The molecule has 0 saturated carbocycles. The maximum atomic E-state index is 13.8. The Hall–Kier alpha value is -1.09. The van der Waals surface area contributed by atoms with Crippen LogP contribution in [0.1, 0.15) is 11.1 Å². The number of nitrogens with two attached hydrogens (primary N) is 1. The molecule has 2 rings (SSSR count). The smallest absolute Gasteiger partial charge is 0.211 e. The van der Waals surface area contributed by atoms with Crippen LogP contribution in [0.15, 0.2) is 18.2 Å². The SMILES string of the molecule is CS(=O)(=O)N1CCN(Cc2cc(C(N)=S)ccc2F)CC1. The lowest BCUT2D eigenvalue weighted by Gasteiger charge is -2.33. The van der Waals surface area contributed by atoms with Crippen LogP contribution in [0.5, 0.6) is 0 Å². The second-order valence-corrected chi connectivity index (χ2v) is 7.53. The summed E-state index contributed by atoms with van der Waals surface area (Å²) in [5.74, 6) is -0.305. The molecule has 1 aliphatic rings. The highest BCUT2D eigenvalue weighted by Gasteiger charge is 2.23. The number of hydrogen-bond donors (Lipinski definition) is 1. The molecule has 0 radical (unpaired) electrons. The molecular formula is C13H18FN3O2S2. The van der Waals surface area contributed by atoms with Gasteiger partial charge in [0.1, 0.15) is 10.8 Å². The number of thiocarbonyl (C=S) groups is 1. The van der Waals surface area contributed by atoms with Crippen LogP contribution in [-0.4, -0.2) is 55.0 Å². The minimum absolute atomic E-state index is 0.234. The fourth-order valence-electron chi connectivity index (χ4n) is 2.31. The van der Waals surface area contributed by atoms with Crippen molar-refractivity contribution < 1.29 is 12.8 Å². The lowest BCUT2D eigenvalue weighted by Crippen LogP contribution is -2.47. The van der Waals surface area contributed by atoms with Crippen LogP contribution >= 0.6 is 12.2 Å². The van der Waals surface area contributed by atoms with Gasteiger partial charge in [0.15, 0.2) is 0 Å². The Morgan fingerprint density at radius 2 is 1.95 bits per heavy atom. The van der Waals surface area contributed by atoms with Gasteiger partial charge in [-0.25, -0.2) is 12.8 Å². The highest BCUT2D eigenvalue weighted by atomic mass is 32.2. The molecule has 1 aliphatic heterocycles. The van der Waals surface area contributed by atoms with E-state index < -0.39 is 10.0 Å². The zero-order valence-electron chi connectivity index (χ0n) is 11.8. The molecular weight excluding hydrogens is 313 g/mol. The van der Waals surface area contributed by atoms with Crippen LogP contribution in [0, 0.1) is 5.82 Å². The summed E-state index contributed by atoms with van der Waals surface area (Å²) in [6.45, 7) is 2.42. The topological polar surface area (TPSA) is 66.6 Å². The van der Waals surface area contributed by atoms with E-state index in [-0.39, 0.29) is 10.8 Å². The van der Waals surface area contributed by atoms with Crippen molar-refractivity contribution in [1.82, 2.24) is 9.21 Å². The lowest BCUT2D eigenvalue weighted by molar-refractivity contribution is 0.180. The first-order chi connectivity index (χ1) is 9.77. The Morgan fingerprint density at radius 3 is 2.48 bits per heavy atom. The van der Waals surface area contributed by atoms with Crippen molar-refractivity contribution in [2.45, 2.75) is 6.54 Å². The molecule has 0 aromatic heterocycles. The monoisotopic (exact) mass is 331 g/mol. The molecule has 1 fully saturated rings. The summed E-state index contributed by atoms with van der Waals surface area (Å²) in [7, 11) is -3.15. The number of hydrogen-bond acceptors (Lipinski definition) is 4. The first kappa shape index (κ1) is 16.3. The van der Waals surface area contributed by atoms with Gasteiger partial charge in [-0.15, -0.1) is 0 Å². The van der Waals surface area contributed by atoms with Crippen LogP contribution < -0.4 is 5.73 Å². The number of halogens is 1. The fourth-order valence-corrected chi connectivity index (χ4v) is 3.26. The molecule has 8 heteroatoms. The van der Waals surface area contributed by atoms with Crippen molar-refractivity contribution in [3.05, 3.63) is 35.1 Å². The summed E-state index contributed by atoms with van der Waals surface area (Å²) in [6, 6.07) is 4.57. The van der Waals surface area contributed by atoms with Gasteiger partial charge in [0.25, 0.3) is 0 Å². The fraction of sp³-hybridized carbons (Fsp3) is 0.462. The second-order valence-electron chi connectivity index (χ2n) is 5.11. The Bertz CT molecular complexity index is 641. The summed E-state index contributed by atoms with van der Waals surface area (Å²) in [4.78, 5) is 2.25. The molecule has 0 spiro atoms. The van der Waals surface area contributed by atoms with Crippen molar-refractivity contribution in [2.24, 2.45) is 5.73 Å². The molecule has 116 valence electrons. The quantitative estimate of drug-likeness (QED) is 0.816. The van der Waals surface area contributed by atoms with Gasteiger partial charge in [-0.2, -0.15) is 4.31 Å². The van der Waals surface area contributed by atoms with Gasteiger partial charge in [0.2, 0.25) is 10.0 Å². The van der Waals surface area contributed by atoms with Gasteiger partial charge < -0.3 is 5.73 Å². The predicted octanol–water partition coefficient (Wildman–Crippen LogP) is 0.537. The van der Waals surface area contributed by atoms with Crippen molar-refractivity contribution >= 4 is 27.2 Å². The third kappa shape index (κ3) is 4.19. The minimum atomic E-state index is -3.15. The van der Waals surface area contributed by atoms with E-state index in [4.69, 9.17) is 18.0 Å². The maximum Gasteiger partial charge on any atom is 0.211 e. The van der Waals surface area contributed by atoms with Crippen molar-refractivity contribution in [1.29, 1.82) is 0 Å². The Balaban J connectivity index is 2.04. The second kappa shape index (κ2) is 6.35. The van der Waals surface area contributed by atoms with E-state index >= 15 is 0 Å². The summed E-state index contributed by atoms with van der Waals surface area (Å²) in [5.41, 5.74) is 6.71. The molecule has 0 bridgehead atoms. The number of nitrogens with zero attached hydrogens (tertiary/aromatic N) is 2. The summed E-state index contributed by atoms with van der Waals surface area (Å²) in [5, 5.41) is 0. The molecule has 1 aromatic rings. The van der Waals surface area contributed by atoms with Gasteiger partial charge in [0, 0.05) is 43.9 Å². The van der Waals surface area contributed by atoms with E-state index in [2.05, 4.69) is 0 Å². The molecule has 0 unspecified atom stereocenters. The van der Waals surface area contributed by atoms with Crippen molar-refractivity contribution in [3.8, 4) is 0 Å². The van der Waals surface area contributed by atoms with E-state index in [9.17, 15) is 12.8 Å². The van der Waals surface area contributed by atoms with Crippen molar-refractivity contribution in [3.63, 3.8) is 0 Å². The predicted molar refractivity (Wildman–Crippen MR) is 84.0 cm³/mol. The first-order valence-corrected chi connectivity index (χ1v) is 8.79. The van der Waals surface area contributed by atoms with Crippen LogP contribution in [0.25, 0.3) is 0 Å². The van der Waals surface area contributed by atoms with Gasteiger partial charge in [-0.05, 0) is 18.2 Å². The van der Waals surface area contributed by atoms with Crippen molar-refractivity contribution in [2.75, 3.05) is 32.4 Å². The Morgan fingerprint density at radius 1 is 1.33 bits per heavy atom. The van der Waals surface area contributed by atoms with Gasteiger partial charge in [-0.3, -0.25) is 4.90 Å².